The lowest BCUT2D eigenvalue weighted by Crippen LogP contribution is -2.57. The van der Waals surface area contributed by atoms with Crippen molar-refractivity contribution in [1.82, 2.24) is 0 Å². The van der Waals surface area contributed by atoms with Crippen LogP contribution in [0, 0.1) is 0 Å². The zero-order valence-electron chi connectivity index (χ0n) is 13.0. The standard InChI is InChI=1S/C16H24O5/c1-9(2)5-6-16(20)13(19)11(17)7-10-12(18)8-15(3,4)21-14(10)16/h5,11,13,17,19-20H,6-8H2,1-4H3/t11-,13+,16+/m1/s1. The number of carbonyl (C=O) groups is 1. The summed E-state index contributed by atoms with van der Waals surface area (Å²) in [4.78, 5) is 12.3. The van der Waals surface area contributed by atoms with Gasteiger partial charge in [0.2, 0.25) is 0 Å². The topological polar surface area (TPSA) is 87.0 Å². The number of hydrogen-bond donors (Lipinski definition) is 3. The first kappa shape index (κ1) is 16.2. The predicted octanol–water partition coefficient (Wildman–Crippen LogP) is 1.22. The first-order valence-corrected chi connectivity index (χ1v) is 7.24. The van der Waals surface area contributed by atoms with E-state index in [1.54, 1.807) is 19.9 Å². The van der Waals surface area contributed by atoms with E-state index in [4.69, 9.17) is 4.74 Å². The fourth-order valence-electron chi connectivity index (χ4n) is 2.90. The zero-order chi connectivity index (χ0) is 16.0. The van der Waals surface area contributed by atoms with Crippen LogP contribution < -0.4 is 0 Å². The van der Waals surface area contributed by atoms with Crippen LogP contribution in [0.1, 0.15) is 47.0 Å². The van der Waals surface area contributed by atoms with Gasteiger partial charge in [0.1, 0.15) is 17.5 Å². The quantitative estimate of drug-likeness (QED) is 0.667. The highest BCUT2D eigenvalue weighted by molar-refractivity contribution is 5.97. The van der Waals surface area contributed by atoms with Crippen molar-refractivity contribution in [3.05, 3.63) is 23.0 Å². The van der Waals surface area contributed by atoms with Gasteiger partial charge in [-0.25, -0.2) is 0 Å². The van der Waals surface area contributed by atoms with Crippen molar-refractivity contribution in [2.45, 2.75) is 70.4 Å². The van der Waals surface area contributed by atoms with Gasteiger partial charge in [-0.3, -0.25) is 4.79 Å². The fourth-order valence-corrected chi connectivity index (χ4v) is 2.90. The summed E-state index contributed by atoms with van der Waals surface area (Å²) >= 11 is 0. The molecule has 5 nitrogen and oxygen atoms in total. The Morgan fingerprint density at radius 1 is 1.38 bits per heavy atom. The molecule has 1 heterocycles. The zero-order valence-corrected chi connectivity index (χ0v) is 13.0. The van der Waals surface area contributed by atoms with Crippen molar-refractivity contribution >= 4 is 5.78 Å². The maximum Gasteiger partial charge on any atom is 0.166 e. The lowest BCUT2D eigenvalue weighted by atomic mass is 9.74. The van der Waals surface area contributed by atoms with Gasteiger partial charge in [0, 0.05) is 18.4 Å². The van der Waals surface area contributed by atoms with Gasteiger partial charge < -0.3 is 20.1 Å². The summed E-state index contributed by atoms with van der Waals surface area (Å²) in [5.74, 6) is -0.0122. The molecule has 0 radical (unpaired) electrons. The number of hydrogen-bond acceptors (Lipinski definition) is 5. The maximum absolute atomic E-state index is 12.3. The maximum atomic E-state index is 12.3. The van der Waals surface area contributed by atoms with Crippen molar-refractivity contribution in [3.63, 3.8) is 0 Å². The Bertz CT molecular complexity index is 513. The summed E-state index contributed by atoms with van der Waals surface area (Å²) in [5, 5.41) is 31.2. The Morgan fingerprint density at radius 2 is 2.00 bits per heavy atom. The van der Waals surface area contributed by atoms with E-state index in [0.29, 0.717) is 5.57 Å². The van der Waals surface area contributed by atoms with Gasteiger partial charge in [-0.15, -0.1) is 0 Å². The van der Waals surface area contributed by atoms with Crippen LogP contribution in [0.4, 0.5) is 0 Å². The highest BCUT2D eigenvalue weighted by atomic mass is 16.5. The van der Waals surface area contributed by atoms with Crippen LogP contribution in [0.2, 0.25) is 0 Å². The van der Waals surface area contributed by atoms with Crippen molar-refractivity contribution in [1.29, 1.82) is 0 Å². The second kappa shape index (κ2) is 5.23. The van der Waals surface area contributed by atoms with Crippen LogP contribution in [0.5, 0.6) is 0 Å². The van der Waals surface area contributed by atoms with E-state index in [9.17, 15) is 20.1 Å². The summed E-state index contributed by atoms with van der Waals surface area (Å²) in [6.07, 6.45) is -0.478. The van der Waals surface area contributed by atoms with Gasteiger partial charge in [0.15, 0.2) is 11.4 Å². The summed E-state index contributed by atoms with van der Waals surface area (Å²) in [5.41, 5.74) is -1.22. The fraction of sp³-hybridized carbons (Fsp3) is 0.688. The van der Waals surface area contributed by atoms with Crippen molar-refractivity contribution in [2.24, 2.45) is 0 Å². The molecule has 0 saturated heterocycles. The molecule has 0 spiro atoms. The van der Waals surface area contributed by atoms with Crippen LogP contribution in [0.3, 0.4) is 0 Å². The van der Waals surface area contributed by atoms with E-state index in [0.717, 1.165) is 5.57 Å². The number of rotatable bonds is 2. The van der Waals surface area contributed by atoms with E-state index in [-0.39, 0.29) is 30.8 Å². The number of allylic oxidation sites excluding steroid dienone is 1. The third-order valence-electron chi connectivity index (χ3n) is 4.06. The lowest BCUT2D eigenvalue weighted by Gasteiger charge is -2.46. The molecule has 0 bridgehead atoms. The molecule has 2 rings (SSSR count). The van der Waals surface area contributed by atoms with Gasteiger partial charge in [-0.05, 0) is 27.7 Å². The number of aliphatic hydroxyl groups excluding tert-OH is 2. The van der Waals surface area contributed by atoms with E-state index >= 15 is 0 Å². The van der Waals surface area contributed by atoms with Gasteiger partial charge in [-0.2, -0.15) is 0 Å². The molecule has 5 heteroatoms. The SMILES string of the molecule is CC(C)=CC[C@@]1(O)C2=C(C[C@@H](O)[C@@H]1O)C(=O)CC(C)(C)O2. The average Bonchev–Trinajstić information content (AvgIpc) is 2.35. The Kier molecular flexibility index (Phi) is 4.04. The molecular formula is C16H24O5. The Labute approximate surface area is 124 Å². The molecule has 1 aliphatic carbocycles. The average molecular weight is 296 g/mol. The van der Waals surface area contributed by atoms with Gasteiger partial charge >= 0.3 is 0 Å². The van der Waals surface area contributed by atoms with Gasteiger partial charge in [0.05, 0.1) is 12.5 Å². The molecule has 3 atom stereocenters. The largest absolute Gasteiger partial charge is 0.488 e. The molecule has 2 aliphatic rings. The molecule has 0 aromatic carbocycles. The van der Waals surface area contributed by atoms with Crippen LogP contribution in [-0.2, 0) is 9.53 Å². The molecule has 0 saturated carbocycles. The summed E-state index contributed by atoms with van der Waals surface area (Å²) < 4.78 is 5.82. The monoisotopic (exact) mass is 296 g/mol. The molecule has 0 aromatic rings. The van der Waals surface area contributed by atoms with Crippen LogP contribution >= 0.6 is 0 Å². The minimum absolute atomic E-state index is 0.0164. The molecule has 0 fully saturated rings. The van der Waals surface area contributed by atoms with Crippen molar-refractivity contribution in [2.75, 3.05) is 0 Å². The number of ketones is 1. The minimum Gasteiger partial charge on any atom is -0.488 e. The summed E-state index contributed by atoms with van der Waals surface area (Å²) in [6, 6.07) is 0. The van der Waals surface area contributed by atoms with Gasteiger partial charge in [0.25, 0.3) is 0 Å². The van der Waals surface area contributed by atoms with Crippen molar-refractivity contribution in [3.8, 4) is 0 Å². The van der Waals surface area contributed by atoms with E-state index < -0.39 is 23.4 Å². The Hall–Kier alpha value is -1.17. The van der Waals surface area contributed by atoms with Crippen LogP contribution in [0.15, 0.2) is 23.0 Å². The smallest absolute Gasteiger partial charge is 0.166 e. The van der Waals surface area contributed by atoms with E-state index in [2.05, 4.69) is 0 Å². The molecular weight excluding hydrogens is 272 g/mol. The second-order valence-electron chi connectivity index (χ2n) is 6.90. The van der Waals surface area contributed by atoms with Gasteiger partial charge in [-0.1, -0.05) is 11.6 Å². The van der Waals surface area contributed by atoms with E-state index in [1.165, 1.54) is 0 Å². The first-order valence-electron chi connectivity index (χ1n) is 7.24. The predicted molar refractivity (Wildman–Crippen MR) is 77.4 cm³/mol. The highest BCUT2D eigenvalue weighted by Gasteiger charge is 2.53. The molecule has 0 unspecified atom stereocenters. The molecule has 0 aromatic heterocycles. The lowest BCUT2D eigenvalue weighted by molar-refractivity contribution is -0.163. The summed E-state index contributed by atoms with van der Waals surface area (Å²) in [7, 11) is 0. The van der Waals surface area contributed by atoms with E-state index in [1.807, 2.05) is 13.8 Å². The molecule has 1 aliphatic heterocycles. The van der Waals surface area contributed by atoms with Crippen LogP contribution in [-0.4, -0.2) is 44.5 Å². The molecule has 21 heavy (non-hydrogen) atoms. The minimum atomic E-state index is -1.77. The third-order valence-corrected chi connectivity index (χ3v) is 4.06. The number of aliphatic hydroxyl groups is 3. The number of Topliss-reactive ketones (excluding diaryl/α,β-unsaturated/α-hetero) is 1. The normalized spacial score (nSPS) is 35.1. The molecule has 3 N–H and O–H groups in total. The number of ether oxygens (including phenoxy) is 1. The Morgan fingerprint density at radius 3 is 2.57 bits per heavy atom. The molecule has 118 valence electrons. The third kappa shape index (κ3) is 2.91. The second-order valence-corrected chi connectivity index (χ2v) is 6.90. The van der Waals surface area contributed by atoms with Crippen LogP contribution in [0.25, 0.3) is 0 Å². The molecule has 0 amide bonds. The first-order chi connectivity index (χ1) is 9.57. The Balaban J connectivity index is 2.51. The highest BCUT2D eigenvalue weighted by Crippen LogP contribution is 2.44. The number of carbonyl (C=O) groups excluding carboxylic acids is 1. The summed E-state index contributed by atoms with van der Waals surface area (Å²) in [6.45, 7) is 7.29. The van der Waals surface area contributed by atoms with Crippen molar-refractivity contribution < 1.29 is 24.9 Å².